The van der Waals surface area contributed by atoms with Gasteiger partial charge in [-0.05, 0) is 6.42 Å². The fraction of sp³-hybridized carbons (Fsp3) is 0.500. The van der Waals surface area contributed by atoms with Gasteiger partial charge >= 0.3 is 0 Å². The molecule has 0 aliphatic heterocycles. The first-order chi connectivity index (χ1) is 8.17. The van der Waals surface area contributed by atoms with Gasteiger partial charge in [0.05, 0.1) is 23.7 Å². The summed E-state index contributed by atoms with van der Waals surface area (Å²) in [5, 5.41) is 22.3. The molecule has 17 heavy (non-hydrogen) atoms. The van der Waals surface area contributed by atoms with Gasteiger partial charge in [0.15, 0.2) is 0 Å². The second kappa shape index (κ2) is 6.64. The van der Waals surface area contributed by atoms with E-state index in [-0.39, 0.29) is 24.8 Å². The van der Waals surface area contributed by atoms with Crippen molar-refractivity contribution in [2.45, 2.75) is 13.3 Å². The van der Waals surface area contributed by atoms with Crippen LogP contribution >= 0.6 is 0 Å². The summed E-state index contributed by atoms with van der Waals surface area (Å²) < 4.78 is 5.06. The maximum absolute atomic E-state index is 10.7. The fourth-order valence-corrected chi connectivity index (χ4v) is 1.16. The highest BCUT2D eigenvalue weighted by molar-refractivity contribution is 5.48. The molecule has 94 valence electrons. The monoisotopic (exact) mass is 241 g/mol. The third kappa shape index (κ3) is 4.23. The van der Waals surface area contributed by atoms with Gasteiger partial charge in [0.25, 0.3) is 5.69 Å². The van der Waals surface area contributed by atoms with Crippen molar-refractivity contribution in [3.05, 3.63) is 22.2 Å². The molecule has 2 N–H and O–H groups in total. The highest BCUT2D eigenvalue weighted by Gasteiger charge is 2.11. The average Bonchev–Trinajstić information content (AvgIpc) is 2.33. The van der Waals surface area contributed by atoms with E-state index >= 15 is 0 Å². The van der Waals surface area contributed by atoms with Crippen LogP contribution in [0.5, 0.6) is 5.88 Å². The number of rotatable bonds is 7. The summed E-state index contributed by atoms with van der Waals surface area (Å²) in [5.74, 6) is 0.529. The summed E-state index contributed by atoms with van der Waals surface area (Å²) in [6.07, 6.45) is 0.886. The standard InChI is InChI=1S/C10H15N3O4/c1-2-3-11-9-6-8(13(15)16)7-10(12-9)17-5-4-14/h6-7,14H,2-5H2,1H3,(H,11,12). The van der Waals surface area contributed by atoms with Crippen LogP contribution in [0.4, 0.5) is 11.5 Å². The number of anilines is 1. The number of nitrogens with zero attached hydrogens (tertiary/aromatic N) is 2. The van der Waals surface area contributed by atoms with Crippen LogP contribution in [0.2, 0.25) is 0 Å². The van der Waals surface area contributed by atoms with Gasteiger partial charge in [0, 0.05) is 6.54 Å². The van der Waals surface area contributed by atoms with E-state index in [4.69, 9.17) is 9.84 Å². The zero-order valence-corrected chi connectivity index (χ0v) is 9.55. The van der Waals surface area contributed by atoms with Crippen molar-refractivity contribution < 1.29 is 14.8 Å². The summed E-state index contributed by atoms with van der Waals surface area (Å²) in [6.45, 7) is 2.55. The summed E-state index contributed by atoms with van der Waals surface area (Å²) in [7, 11) is 0. The van der Waals surface area contributed by atoms with Crippen molar-refractivity contribution in [1.29, 1.82) is 0 Å². The second-order valence-electron chi connectivity index (χ2n) is 3.30. The van der Waals surface area contributed by atoms with Gasteiger partial charge in [-0.15, -0.1) is 0 Å². The molecule has 0 fully saturated rings. The topological polar surface area (TPSA) is 97.5 Å². The molecule has 0 bridgehead atoms. The number of aliphatic hydroxyl groups excluding tert-OH is 1. The third-order valence-corrected chi connectivity index (χ3v) is 1.89. The van der Waals surface area contributed by atoms with E-state index in [1.165, 1.54) is 12.1 Å². The normalized spacial score (nSPS) is 10.0. The number of hydrogen-bond acceptors (Lipinski definition) is 6. The molecular formula is C10H15N3O4. The molecule has 0 aromatic carbocycles. The van der Waals surface area contributed by atoms with Crippen LogP contribution in [0.25, 0.3) is 0 Å². The van der Waals surface area contributed by atoms with E-state index in [9.17, 15) is 10.1 Å². The van der Waals surface area contributed by atoms with Crippen LogP contribution in [0.15, 0.2) is 12.1 Å². The molecule has 0 atom stereocenters. The predicted octanol–water partition coefficient (Wildman–Crippen LogP) is 1.18. The highest BCUT2D eigenvalue weighted by atomic mass is 16.6. The number of aliphatic hydroxyl groups is 1. The third-order valence-electron chi connectivity index (χ3n) is 1.89. The Bertz CT molecular complexity index is 358. The Morgan fingerprint density at radius 1 is 1.59 bits per heavy atom. The SMILES string of the molecule is CCCNc1cc([N+](=O)[O-])cc(OCCO)n1. The lowest BCUT2D eigenvalue weighted by molar-refractivity contribution is -0.384. The van der Waals surface area contributed by atoms with Crippen molar-refractivity contribution in [2.24, 2.45) is 0 Å². The van der Waals surface area contributed by atoms with Gasteiger partial charge in [-0.25, -0.2) is 0 Å². The molecular weight excluding hydrogens is 226 g/mol. The van der Waals surface area contributed by atoms with Crippen molar-refractivity contribution >= 4 is 11.5 Å². The van der Waals surface area contributed by atoms with Gasteiger partial charge in [0.1, 0.15) is 12.4 Å². The predicted molar refractivity (Wildman–Crippen MR) is 62.3 cm³/mol. The van der Waals surface area contributed by atoms with E-state index in [0.29, 0.717) is 12.4 Å². The van der Waals surface area contributed by atoms with Crippen molar-refractivity contribution in [1.82, 2.24) is 4.98 Å². The van der Waals surface area contributed by atoms with E-state index in [1.54, 1.807) is 0 Å². The minimum atomic E-state index is -0.509. The summed E-state index contributed by atoms with van der Waals surface area (Å²) in [5.41, 5.74) is -0.0912. The number of hydrogen-bond donors (Lipinski definition) is 2. The summed E-state index contributed by atoms with van der Waals surface area (Å²) in [4.78, 5) is 14.2. The molecule has 0 amide bonds. The molecule has 0 saturated carbocycles. The van der Waals surface area contributed by atoms with E-state index in [0.717, 1.165) is 6.42 Å². The molecule has 1 aromatic rings. The Hall–Kier alpha value is -1.89. The second-order valence-corrected chi connectivity index (χ2v) is 3.30. The molecule has 0 radical (unpaired) electrons. The molecule has 0 spiro atoms. The van der Waals surface area contributed by atoms with Crippen molar-refractivity contribution in [3.63, 3.8) is 0 Å². The van der Waals surface area contributed by atoms with Crippen LogP contribution in [-0.2, 0) is 0 Å². The van der Waals surface area contributed by atoms with Gasteiger partial charge in [-0.2, -0.15) is 4.98 Å². The van der Waals surface area contributed by atoms with E-state index in [1.807, 2.05) is 6.92 Å². The maximum Gasteiger partial charge on any atom is 0.278 e. The van der Waals surface area contributed by atoms with Crippen molar-refractivity contribution in [3.8, 4) is 5.88 Å². The fourth-order valence-electron chi connectivity index (χ4n) is 1.16. The van der Waals surface area contributed by atoms with Crippen LogP contribution in [0.3, 0.4) is 0 Å². The number of aromatic nitrogens is 1. The minimum absolute atomic E-state index is 0.0569. The molecule has 1 rings (SSSR count). The zero-order valence-electron chi connectivity index (χ0n) is 9.55. The van der Waals surface area contributed by atoms with Gasteiger partial charge < -0.3 is 15.2 Å². The van der Waals surface area contributed by atoms with E-state index in [2.05, 4.69) is 10.3 Å². The molecule has 1 aromatic heterocycles. The first-order valence-corrected chi connectivity index (χ1v) is 5.31. The Morgan fingerprint density at radius 3 is 2.94 bits per heavy atom. The number of nitrogens with one attached hydrogen (secondary N) is 1. The molecule has 0 saturated heterocycles. The number of ether oxygens (including phenoxy) is 1. The summed E-state index contributed by atoms with van der Waals surface area (Å²) >= 11 is 0. The lowest BCUT2D eigenvalue weighted by atomic mass is 10.3. The van der Waals surface area contributed by atoms with Crippen LogP contribution < -0.4 is 10.1 Å². The Labute approximate surface area is 98.6 Å². The molecule has 0 unspecified atom stereocenters. The zero-order chi connectivity index (χ0) is 12.7. The van der Waals surface area contributed by atoms with Gasteiger partial charge in [-0.1, -0.05) is 6.92 Å². The first-order valence-electron chi connectivity index (χ1n) is 5.31. The average molecular weight is 241 g/mol. The molecule has 0 aliphatic rings. The van der Waals surface area contributed by atoms with Crippen LogP contribution in [0.1, 0.15) is 13.3 Å². The van der Waals surface area contributed by atoms with Gasteiger partial charge in [0.2, 0.25) is 5.88 Å². The van der Waals surface area contributed by atoms with Crippen molar-refractivity contribution in [2.75, 3.05) is 25.1 Å². The van der Waals surface area contributed by atoms with Crippen LogP contribution in [0, 0.1) is 10.1 Å². The van der Waals surface area contributed by atoms with Crippen LogP contribution in [-0.4, -0.2) is 34.8 Å². The largest absolute Gasteiger partial charge is 0.475 e. The Kier molecular flexibility index (Phi) is 5.15. The van der Waals surface area contributed by atoms with E-state index < -0.39 is 4.92 Å². The lowest BCUT2D eigenvalue weighted by Crippen LogP contribution is -2.07. The molecule has 0 aliphatic carbocycles. The smallest absolute Gasteiger partial charge is 0.278 e. The Balaban J connectivity index is 2.88. The first kappa shape index (κ1) is 13.2. The number of pyridine rings is 1. The molecule has 7 nitrogen and oxygen atoms in total. The molecule has 1 heterocycles. The van der Waals surface area contributed by atoms with Gasteiger partial charge in [-0.3, -0.25) is 10.1 Å². The quantitative estimate of drug-likeness (QED) is 0.549. The lowest BCUT2D eigenvalue weighted by Gasteiger charge is -2.07. The minimum Gasteiger partial charge on any atom is -0.475 e. The highest BCUT2D eigenvalue weighted by Crippen LogP contribution is 2.22. The molecule has 7 heteroatoms. The number of nitro groups is 1. The summed E-state index contributed by atoms with van der Waals surface area (Å²) in [6, 6.07) is 2.58. The Morgan fingerprint density at radius 2 is 2.35 bits per heavy atom. The maximum atomic E-state index is 10.7.